The van der Waals surface area contributed by atoms with Gasteiger partial charge in [0, 0.05) is 42.5 Å². The second-order valence-corrected chi connectivity index (χ2v) is 7.69. The Balaban J connectivity index is 2.60. The van der Waals surface area contributed by atoms with Crippen LogP contribution in [0.5, 0.6) is 11.5 Å². The van der Waals surface area contributed by atoms with Gasteiger partial charge in [-0.05, 0) is 6.92 Å². The van der Waals surface area contributed by atoms with E-state index in [2.05, 4.69) is 5.32 Å². The average molecular weight is 454 g/mol. The van der Waals surface area contributed by atoms with Crippen molar-refractivity contribution >= 4 is 41.5 Å². The van der Waals surface area contributed by atoms with Crippen molar-refractivity contribution in [2.75, 3.05) is 12.4 Å². The third kappa shape index (κ3) is 6.18. The van der Waals surface area contributed by atoms with Crippen molar-refractivity contribution in [2.45, 2.75) is 38.6 Å². The number of thioether (sulfide) groups is 1. The van der Waals surface area contributed by atoms with Crippen molar-refractivity contribution in [2.24, 2.45) is 5.73 Å². The molecule has 1 aromatic carbocycles. The fourth-order valence-corrected chi connectivity index (χ4v) is 3.83. The van der Waals surface area contributed by atoms with Crippen molar-refractivity contribution in [3.8, 4) is 11.5 Å². The zero-order valence-corrected chi connectivity index (χ0v) is 17.9. The molecule has 0 spiro atoms. The number of carboxylic acids is 1. The molecule has 1 aliphatic heterocycles. The van der Waals surface area contributed by atoms with E-state index in [1.54, 1.807) is 0 Å². The van der Waals surface area contributed by atoms with Gasteiger partial charge in [-0.1, -0.05) is 0 Å². The molecule has 0 aliphatic carbocycles. The molecule has 2 rings (SSSR count). The third-order valence-corrected chi connectivity index (χ3v) is 5.26. The number of hydrogen-bond acceptors (Lipinski definition) is 10. The van der Waals surface area contributed by atoms with Gasteiger partial charge in [0.2, 0.25) is 5.91 Å². The Kier molecular flexibility index (Phi) is 8.00. The van der Waals surface area contributed by atoms with E-state index in [9.17, 15) is 29.1 Å². The molecule has 168 valence electrons. The van der Waals surface area contributed by atoms with Gasteiger partial charge >= 0.3 is 23.9 Å². The summed E-state index contributed by atoms with van der Waals surface area (Å²) >= 11 is 1.08. The van der Waals surface area contributed by atoms with Crippen LogP contribution in [0.15, 0.2) is 6.07 Å². The smallest absolute Gasteiger partial charge is 0.339 e. The normalized spacial score (nSPS) is 19.6. The summed E-state index contributed by atoms with van der Waals surface area (Å²) in [6.07, 6.45) is 0. The van der Waals surface area contributed by atoms with Gasteiger partial charge in [-0.15, -0.1) is 0 Å². The van der Waals surface area contributed by atoms with Crippen molar-refractivity contribution < 1.29 is 43.3 Å². The molecule has 2 atom stereocenters. The van der Waals surface area contributed by atoms with Crippen LogP contribution in [0.25, 0.3) is 0 Å². The first-order valence-electron chi connectivity index (χ1n) is 9.08. The zero-order valence-electron chi connectivity index (χ0n) is 17.1. The van der Waals surface area contributed by atoms with Gasteiger partial charge in [0.05, 0.1) is 5.56 Å². The van der Waals surface area contributed by atoms with E-state index >= 15 is 0 Å². The predicted molar refractivity (Wildman–Crippen MR) is 108 cm³/mol. The van der Waals surface area contributed by atoms with E-state index in [1.165, 1.54) is 19.9 Å². The van der Waals surface area contributed by atoms with E-state index < -0.39 is 48.5 Å². The van der Waals surface area contributed by atoms with E-state index in [-0.39, 0.29) is 39.7 Å². The summed E-state index contributed by atoms with van der Waals surface area (Å²) < 4.78 is 15.5. The van der Waals surface area contributed by atoms with Gasteiger partial charge < -0.3 is 30.4 Å². The Morgan fingerprint density at radius 1 is 1.19 bits per heavy atom. The molecule has 0 bridgehead atoms. The molecule has 0 saturated heterocycles. The van der Waals surface area contributed by atoms with Gasteiger partial charge in [-0.25, -0.2) is 9.59 Å². The molecular formula is C19H22N2O9S. The summed E-state index contributed by atoms with van der Waals surface area (Å²) in [6.45, 7) is 3.32. The number of aliphatic carboxylic acids is 1. The first kappa shape index (κ1) is 24.2. The first-order valence-corrected chi connectivity index (χ1v) is 10.2. The monoisotopic (exact) mass is 454 g/mol. The average Bonchev–Trinajstić information content (AvgIpc) is 2.66. The largest absolute Gasteiger partial charge is 0.480 e. The number of carbonyl (C=O) groups excluding carboxylic acids is 4. The van der Waals surface area contributed by atoms with Crippen LogP contribution in [-0.4, -0.2) is 59.3 Å². The topological polar surface area (TPSA) is 171 Å². The SMILES string of the molecule is CC(=O)Oc1cc(OC(C)=O)c2c(c1C)C(=O)OC[C@H](N)C(=O)N[C@H](C(=O)O)CSC2. The van der Waals surface area contributed by atoms with Crippen molar-refractivity contribution in [1.29, 1.82) is 0 Å². The highest BCUT2D eigenvalue weighted by molar-refractivity contribution is 7.98. The Labute approximate surface area is 181 Å². The zero-order chi connectivity index (χ0) is 23.3. The van der Waals surface area contributed by atoms with Gasteiger partial charge in [-0.3, -0.25) is 14.4 Å². The minimum Gasteiger partial charge on any atom is -0.480 e. The molecule has 0 radical (unpaired) electrons. The molecule has 4 N–H and O–H groups in total. The van der Waals surface area contributed by atoms with Crippen LogP contribution in [0.3, 0.4) is 0 Å². The van der Waals surface area contributed by atoms with Gasteiger partial charge in [0.15, 0.2) is 0 Å². The van der Waals surface area contributed by atoms with Crippen LogP contribution in [0.1, 0.15) is 35.3 Å². The fourth-order valence-electron chi connectivity index (χ4n) is 2.76. The number of ether oxygens (including phenoxy) is 3. The van der Waals surface area contributed by atoms with E-state index in [0.29, 0.717) is 0 Å². The molecule has 31 heavy (non-hydrogen) atoms. The number of carbonyl (C=O) groups is 5. The van der Waals surface area contributed by atoms with Crippen molar-refractivity contribution in [3.63, 3.8) is 0 Å². The summed E-state index contributed by atoms with van der Waals surface area (Å²) in [7, 11) is 0. The number of amides is 1. The molecule has 0 saturated carbocycles. The van der Waals surface area contributed by atoms with Crippen molar-refractivity contribution in [1.82, 2.24) is 5.32 Å². The molecule has 1 aromatic rings. The van der Waals surface area contributed by atoms with Crippen molar-refractivity contribution in [3.05, 3.63) is 22.8 Å². The van der Waals surface area contributed by atoms with Crippen LogP contribution in [0.2, 0.25) is 0 Å². The second-order valence-electron chi connectivity index (χ2n) is 6.66. The molecule has 1 amide bonds. The highest BCUT2D eigenvalue weighted by atomic mass is 32.2. The molecular weight excluding hydrogens is 432 g/mol. The lowest BCUT2D eigenvalue weighted by Crippen LogP contribution is -2.51. The first-order chi connectivity index (χ1) is 14.5. The highest BCUT2D eigenvalue weighted by Crippen LogP contribution is 2.37. The predicted octanol–water partition coefficient (Wildman–Crippen LogP) is 0.146. The number of fused-ring (bicyclic) bond motifs is 1. The van der Waals surface area contributed by atoms with Gasteiger partial charge in [0.25, 0.3) is 0 Å². The number of cyclic esters (lactones) is 1. The molecule has 0 fully saturated rings. The van der Waals surface area contributed by atoms with E-state index in [1.807, 2.05) is 0 Å². The maximum Gasteiger partial charge on any atom is 0.339 e. The third-order valence-electron chi connectivity index (χ3n) is 4.19. The maximum absolute atomic E-state index is 12.8. The van der Waals surface area contributed by atoms with Crippen LogP contribution in [-0.2, 0) is 29.7 Å². The summed E-state index contributed by atoms with van der Waals surface area (Å²) in [6, 6.07) is -1.23. The van der Waals surface area contributed by atoms with Crippen LogP contribution in [0, 0.1) is 6.92 Å². The summed E-state index contributed by atoms with van der Waals surface area (Å²) in [5.74, 6) is -4.30. The summed E-state index contributed by atoms with van der Waals surface area (Å²) in [5.41, 5.74) is 6.18. The number of nitrogens with two attached hydrogens (primary N) is 1. The molecule has 0 unspecified atom stereocenters. The lowest BCUT2D eigenvalue weighted by molar-refractivity contribution is -0.141. The number of esters is 3. The number of nitrogens with one attached hydrogen (secondary N) is 1. The summed E-state index contributed by atoms with van der Waals surface area (Å²) in [5, 5.41) is 11.6. The lowest BCUT2D eigenvalue weighted by Gasteiger charge is -2.22. The number of hydrogen-bond donors (Lipinski definition) is 3. The number of carboxylic acid groups (broad SMARTS) is 1. The Bertz CT molecular complexity index is 931. The van der Waals surface area contributed by atoms with Crippen LogP contribution < -0.4 is 20.5 Å². The Morgan fingerprint density at radius 2 is 1.81 bits per heavy atom. The quantitative estimate of drug-likeness (QED) is 0.419. The number of rotatable bonds is 3. The minimum atomic E-state index is -1.30. The summed E-state index contributed by atoms with van der Waals surface area (Å²) in [4.78, 5) is 59.5. The highest BCUT2D eigenvalue weighted by Gasteiger charge is 2.29. The fraction of sp³-hybridized carbons (Fsp3) is 0.421. The maximum atomic E-state index is 12.8. The Morgan fingerprint density at radius 3 is 2.39 bits per heavy atom. The van der Waals surface area contributed by atoms with E-state index in [0.717, 1.165) is 18.7 Å². The van der Waals surface area contributed by atoms with Crippen LogP contribution >= 0.6 is 11.8 Å². The second kappa shape index (κ2) is 10.3. The molecule has 1 heterocycles. The van der Waals surface area contributed by atoms with Crippen LogP contribution in [0.4, 0.5) is 0 Å². The standard InChI is InChI=1S/C19H22N2O9S/c1-8-14(29-9(2)22)4-15(30-10(3)23)11-6-31-7-13(18(25)26)21-17(24)12(20)5-28-19(27)16(8)11/h4,12-13H,5-7,20H2,1-3H3,(H,21,24)(H,25,26)/t12-,13-/m0/s1. The van der Waals surface area contributed by atoms with Gasteiger partial charge in [0.1, 0.15) is 30.2 Å². The number of benzene rings is 1. The molecule has 11 nitrogen and oxygen atoms in total. The molecule has 1 aliphatic rings. The molecule has 12 heteroatoms. The lowest BCUT2D eigenvalue weighted by atomic mass is 10.0. The van der Waals surface area contributed by atoms with E-state index in [4.69, 9.17) is 19.9 Å². The van der Waals surface area contributed by atoms with Gasteiger partial charge in [-0.2, -0.15) is 11.8 Å². The molecule has 0 aromatic heterocycles. The Hall–Kier alpha value is -3.12. The minimum absolute atomic E-state index is 0.0120.